The van der Waals surface area contributed by atoms with E-state index in [4.69, 9.17) is 11.6 Å². The van der Waals surface area contributed by atoms with Gasteiger partial charge >= 0.3 is 0 Å². The summed E-state index contributed by atoms with van der Waals surface area (Å²) in [5, 5.41) is 9.80. The quantitative estimate of drug-likeness (QED) is 0.448. The normalized spacial score (nSPS) is 11.6. The van der Waals surface area contributed by atoms with Gasteiger partial charge in [0, 0.05) is 4.90 Å². The second-order valence-corrected chi connectivity index (χ2v) is 5.15. The second kappa shape index (κ2) is 6.47. The highest BCUT2D eigenvalue weighted by atomic mass is 35.5. The molecule has 94 valence electrons. The first-order valence-electron chi connectivity index (χ1n) is 5.76. The van der Waals surface area contributed by atoms with Crippen LogP contribution in [-0.2, 0) is 0 Å². The summed E-state index contributed by atoms with van der Waals surface area (Å²) >= 11 is 8.03. The average Bonchev–Trinajstić information content (AvgIpc) is 2.49. The maximum absolute atomic E-state index is 9.32. The Balaban J connectivity index is 2.46. The van der Waals surface area contributed by atoms with Crippen molar-refractivity contribution in [3.05, 3.63) is 65.7 Å². The highest BCUT2D eigenvalue weighted by molar-refractivity contribution is 7.98. The molecule has 0 fully saturated rings. The first-order valence-corrected chi connectivity index (χ1v) is 7.36. The molecular formula is C16H12ClNS. The van der Waals surface area contributed by atoms with Crippen LogP contribution < -0.4 is 0 Å². The first-order chi connectivity index (χ1) is 9.26. The largest absolute Gasteiger partial charge is 0.192 e. The van der Waals surface area contributed by atoms with Crippen molar-refractivity contribution in [2.24, 2.45) is 0 Å². The zero-order chi connectivity index (χ0) is 13.7. The van der Waals surface area contributed by atoms with Crippen molar-refractivity contribution in [1.29, 1.82) is 5.26 Å². The predicted molar refractivity (Wildman–Crippen MR) is 82.9 cm³/mol. The molecule has 2 aromatic carbocycles. The summed E-state index contributed by atoms with van der Waals surface area (Å²) < 4.78 is 0. The van der Waals surface area contributed by atoms with Crippen LogP contribution in [0, 0.1) is 11.3 Å². The molecule has 2 aromatic rings. The van der Waals surface area contributed by atoms with E-state index < -0.39 is 0 Å². The summed E-state index contributed by atoms with van der Waals surface area (Å²) in [4.78, 5) is 1.17. The Morgan fingerprint density at radius 2 is 1.63 bits per heavy atom. The molecule has 0 aliphatic carbocycles. The van der Waals surface area contributed by atoms with Crippen molar-refractivity contribution in [2.75, 3.05) is 6.26 Å². The lowest BCUT2D eigenvalue weighted by Gasteiger charge is -2.05. The van der Waals surface area contributed by atoms with Crippen LogP contribution >= 0.6 is 23.4 Å². The van der Waals surface area contributed by atoms with Gasteiger partial charge in [-0.2, -0.15) is 5.26 Å². The molecular weight excluding hydrogens is 274 g/mol. The zero-order valence-corrected chi connectivity index (χ0v) is 12.0. The number of rotatable bonds is 3. The molecule has 0 aromatic heterocycles. The molecule has 2 rings (SSSR count). The molecule has 19 heavy (non-hydrogen) atoms. The molecule has 0 spiro atoms. The Morgan fingerprint density at radius 1 is 1.00 bits per heavy atom. The van der Waals surface area contributed by atoms with Crippen molar-refractivity contribution in [1.82, 2.24) is 0 Å². The minimum Gasteiger partial charge on any atom is -0.192 e. The molecule has 0 atom stereocenters. The van der Waals surface area contributed by atoms with Gasteiger partial charge in [0.05, 0.1) is 10.6 Å². The minimum atomic E-state index is 0.487. The summed E-state index contributed by atoms with van der Waals surface area (Å²) in [7, 11) is 0. The van der Waals surface area contributed by atoms with E-state index in [1.165, 1.54) is 4.90 Å². The third kappa shape index (κ3) is 3.20. The van der Waals surface area contributed by atoms with Crippen LogP contribution in [0.15, 0.2) is 59.5 Å². The second-order valence-electron chi connectivity index (χ2n) is 3.90. The van der Waals surface area contributed by atoms with Crippen molar-refractivity contribution in [3.8, 4) is 6.07 Å². The Labute approximate surface area is 122 Å². The Hall–Kier alpha value is -1.69. The van der Waals surface area contributed by atoms with E-state index in [9.17, 15) is 5.26 Å². The van der Waals surface area contributed by atoms with Crippen LogP contribution in [0.4, 0.5) is 0 Å². The standard InChI is InChI=1S/C16H12ClNS/c1-19-14-9-7-13(8-10-14)16(17)15(11-18)12-5-3-2-4-6-12/h2-10H,1H3. The average molecular weight is 286 g/mol. The lowest BCUT2D eigenvalue weighted by molar-refractivity contribution is 1.45. The number of halogens is 1. The highest BCUT2D eigenvalue weighted by Crippen LogP contribution is 2.30. The van der Waals surface area contributed by atoms with Gasteiger partial charge < -0.3 is 0 Å². The zero-order valence-electron chi connectivity index (χ0n) is 10.4. The van der Waals surface area contributed by atoms with Crippen LogP contribution in [0.3, 0.4) is 0 Å². The summed E-state index contributed by atoms with van der Waals surface area (Å²) in [5.74, 6) is 0. The topological polar surface area (TPSA) is 23.8 Å². The first kappa shape index (κ1) is 13.7. The van der Waals surface area contributed by atoms with E-state index in [1.54, 1.807) is 11.8 Å². The van der Waals surface area contributed by atoms with E-state index >= 15 is 0 Å². The van der Waals surface area contributed by atoms with Gasteiger partial charge in [-0.05, 0) is 29.5 Å². The fraction of sp³-hybridized carbons (Fsp3) is 0.0625. The van der Waals surface area contributed by atoms with E-state index in [2.05, 4.69) is 6.07 Å². The van der Waals surface area contributed by atoms with Crippen LogP contribution in [0.2, 0.25) is 0 Å². The van der Waals surface area contributed by atoms with Gasteiger partial charge in [-0.25, -0.2) is 0 Å². The third-order valence-electron chi connectivity index (χ3n) is 2.74. The lowest BCUT2D eigenvalue weighted by atomic mass is 10.0. The molecule has 0 aliphatic heterocycles. The number of hydrogen-bond acceptors (Lipinski definition) is 2. The van der Waals surface area contributed by atoms with Gasteiger partial charge in [0.1, 0.15) is 6.07 Å². The van der Waals surface area contributed by atoms with Crippen LogP contribution in [0.1, 0.15) is 11.1 Å². The summed E-state index contributed by atoms with van der Waals surface area (Å²) in [6, 6.07) is 19.6. The molecule has 0 saturated carbocycles. The van der Waals surface area contributed by atoms with Crippen molar-refractivity contribution >= 4 is 34.0 Å². The van der Waals surface area contributed by atoms with Gasteiger partial charge in [0.25, 0.3) is 0 Å². The van der Waals surface area contributed by atoms with E-state index in [0.717, 1.165) is 11.1 Å². The number of allylic oxidation sites excluding steroid dienone is 1. The highest BCUT2D eigenvalue weighted by Gasteiger charge is 2.09. The van der Waals surface area contributed by atoms with Crippen LogP contribution in [0.25, 0.3) is 10.6 Å². The van der Waals surface area contributed by atoms with Crippen LogP contribution in [-0.4, -0.2) is 6.26 Å². The van der Waals surface area contributed by atoms with Gasteiger partial charge in [0.2, 0.25) is 0 Å². The molecule has 0 heterocycles. The van der Waals surface area contributed by atoms with E-state index in [-0.39, 0.29) is 0 Å². The molecule has 0 unspecified atom stereocenters. The molecule has 0 bridgehead atoms. The monoisotopic (exact) mass is 285 g/mol. The third-order valence-corrected chi connectivity index (χ3v) is 3.89. The van der Waals surface area contributed by atoms with E-state index in [1.807, 2.05) is 60.9 Å². The van der Waals surface area contributed by atoms with Gasteiger partial charge in [-0.15, -0.1) is 11.8 Å². The Morgan fingerprint density at radius 3 is 2.16 bits per heavy atom. The Kier molecular flexibility index (Phi) is 4.68. The number of hydrogen-bond donors (Lipinski definition) is 0. The van der Waals surface area contributed by atoms with Gasteiger partial charge in [-0.1, -0.05) is 54.1 Å². The molecule has 0 saturated heterocycles. The maximum atomic E-state index is 9.32. The summed E-state index contributed by atoms with van der Waals surface area (Å²) in [5.41, 5.74) is 2.20. The maximum Gasteiger partial charge on any atom is 0.101 e. The minimum absolute atomic E-state index is 0.487. The fourth-order valence-electron chi connectivity index (χ4n) is 1.73. The molecule has 0 N–H and O–H groups in total. The SMILES string of the molecule is CSc1ccc(C(Cl)=C(C#N)c2ccccc2)cc1. The summed E-state index contributed by atoms with van der Waals surface area (Å²) in [6.45, 7) is 0. The smallest absolute Gasteiger partial charge is 0.101 e. The molecule has 3 heteroatoms. The fourth-order valence-corrected chi connectivity index (χ4v) is 2.41. The number of nitriles is 1. The molecule has 0 amide bonds. The van der Waals surface area contributed by atoms with Crippen molar-refractivity contribution in [2.45, 2.75) is 4.90 Å². The summed E-state index contributed by atoms with van der Waals surface area (Å²) in [6.07, 6.45) is 2.02. The van der Waals surface area contributed by atoms with Gasteiger partial charge in [0.15, 0.2) is 0 Å². The van der Waals surface area contributed by atoms with E-state index in [0.29, 0.717) is 10.6 Å². The van der Waals surface area contributed by atoms with Gasteiger partial charge in [-0.3, -0.25) is 0 Å². The number of nitrogens with zero attached hydrogens (tertiary/aromatic N) is 1. The van der Waals surface area contributed by atoms with Crippen LogP contribution in [0.5, 0.6) is 0 Å². The molecule has 0 aliphatic rings. The number of thioether (sulfide) groups is 1. The molecule has 1 nitrogen and oxygen atoms in total. The Bertz CT molecular complexity index is 624. The molecule has 0 radical (unpaired) electrons. The lowest BCUT2D eigenvalue weighted by Crippen LogP contribution is -1.86. The number of benzene rings is 2. The van der Waals surface area contributed by atoms with Crippen molar-refractivity contribution in [3.63, 3.8) is 0 Å². The van der Waals surface area contributed by atoms with Crippen molar-refractivity contribution < 1.29 is 0 Å². The predicted octanol–water partition coefficient (Wildman–Crippen LogP) is 5.04.